The number of hydrogen-bond acceptors (Lipinski definition) is 12. The van der Waals surface area contributed by atoms with Crippen LogP contribution >= 0.6 is 0 Å². The van der Waals surface area contributed by atoms with Crippen LogP contribution in [0.1, 0.15) is 79.2 Å². The smallest absolute Gasteiger partial charge is 0.329 e. The number of nitrogens with zero attached hydrogens (tertiary/aromatic N) is 8. The average Bonchev–Trinajstić information content (AvgIpc) is 3.87. The fourth-order valence-corrected chi connectivity index (χ4v) is 9.39. The third kappa shape index (κ3) is 6.97. The molecule has 10 rings (SSSR count). The van der Waals surface area contributed by atoms with Crippen molar-refractivity contribution in [2.24, 2.45) is 12.5 Å². The van der Waals surface area contributed by atoms with Gasteiger partial charge in [0.1, 0.15) is 11.7 Å². The normalized spacial score (nSPS) is 23.3. The molecule has 3 aliphatic carbocycles. The fourth-order valence-electron chi connectivity index (χ4n) is 9.39. The number of carbonyl (C=O) groups is 3. The van der Waals surface area contributed by atoms with E-state index < -0.39 is 46.6 Å². The molecule has 3 aromatic heterocycles. The van der Waals surface area contributed by atoms with E-state index in [2.05, 4.69) is 30.6 Å². The van der Waals surface area contributed by atoms with Crippen LogP contribution in [0.4, 0.5) is 19.1 Å². The molecule has 5 fully saturated rings. The summed E-state index contributed by atoms with van der Waals surface area (Å²) < 4.78 is 50.8. The number of anilines is 1. The highest BCUT2D eigenvalue weighted by Crippen LogP contribution is 2.57. The van der Waals surface area contributed by atoms with Crippen LogP contribution in [0, 0.1) is 22.9 Å². The first-order chi connectivity index (χ1) is 28.8. The van der Waals surface area contributed by atoms with Crippen LogP contribution in [0.5, 0.6) is 5.75 Å². The lowest BCUT2D eigenvalue weighted by atomic mass is 9.53. The number of hydrogen-bond donors (Lipinski definition) is 3. The molecule has 60 heavy (non-hydrogen) atoms. The minimum absolute atomic E-state index is 0.189. The molecular weight excluding hydrogens is 786 g/mol. The van der Waals surface area contributed by atoms with Crippen LogP contribution in [0.3, 0.4) is 0 Å². The largest absolute Gasteiger partial charge is 0.503 e. The summed E-state index contributed by atoms with van der Waals surface area (Å²) in [6, 6.07) is 7.38. The number of benzene rings is 2. The van der Waals surface area contributed by atoms with Gasteiger partial charge >= 0.3 is 5.69 Å². The van der Waals surface area contributed by atoms with E-state index in [1.165, 1.54) is 4.57 Å². The number of fused-ring (bicyclic) bond motifs is 4. The second-order valence-electron chi connectivity index (χ2n) is 16.6. The van der Waals surface area contributed by atoms with Gasteiger partial charge < -0.3 is 19.8 Å². The summed E-state index contributed by atoms with van der Waals surface area (Å²) in [7, 11) is 1.69. The summed E-state index contributed by atoms with van der Waals surface area (Å²) in [6.45, 7) is 4.04. The monoisotopic (exact) mass is 828 g/mol. The maximum atomic E-state index is 14.3. The van der Waals surface area contributed by atoms with Crippen molar-refractivity contribution in [2.75, 3.05) is 44.2 Å². The first-order valence-corrected chi connectivity index (χ1v) is 20.2. The topological polar surface area (TPSA) is 194 Å². The summed E-state index contributed by atoms with van der Waals surface area (Å²) in [5.41, 5.74) is 1.34. The predicted octanol–water partition coefficient (Wildman–Crippen LogP) is 3.67. The van der Waals surface area contributed by atoms with Crippen molar-refractivity contribution in [1.29, 1.82) is 0 Å². The number of halogens is 3. The van der Waals surface area contributed by atoms with Crippen molar-refractivity contribution in [3.05, 3.63) is 81.4 Å². The number of imidazole rings is 1. The van der Waals surface area contributed by atoms with Crippen molar-refractivity contribution in [1.82, 2.24) is 44.8 Å². The summed E-state index contributed by atoms with van der Waals surface area (Å²) >= 11 is 0. The molecule has 2 saturated heterocycles. The lowest BCUT2D eigenvalue weighted by molar-refractivity contribution is -0.135. The van der Waals surface area contributed by atoms with Crippen LogP contribution in [0.15, 0.2) is 45.8 Å². The van der Waals surface area contributed by atoms with E-state index in [0.717, 1.165) is 75.7 Å². The highest BCUT2D eigenvalue weighted by atomic mass is 19.2. The van der Waals surface area contributed by atoms with Gasteiger partial charge in [0.15, 0.2) is 23.2 Å². The van der Waals surface area contributed by atoms with E-state index in [-0.39, 0.29) is 41.8 Å². The van der Waals surface area contributed by atoms with Crippen molar-refractivity contribution in [3.63, 3.8) is 0 Å². The second-order valence-corrected chi connectivity index (χ2v) is 16.6. The Morgan fingerprint density at radius 2 is 1.72 bits per heavy atom. The molecule has 5 heterocycles. The number of aromatic hydroxyl groups is 1. The quantitative estimate of drug-likeness (QED) is 0.137. The highest BCUT2D eigenvalue weighted by Gasteiger charge is 2.51. The molecule has 2 aliphatic heterocycles. The van der Waals surface area contributed by atoms with Crippen LogP contribution < -0.4 is 21.2 Å². The van der Waals surface area contributed by atoms with E-state index in [1.54, 1.807) is 23.9 Å². The molecule has 0 radical (unpaired) electrons. The van der Waals surface area contributed by atoms with Crippen LogP contribution in [0.2, 0.25) is 0 Å². The summed E-state index contributed by atoms with van der Waals surface area (Å²) in [5, 5.41) is 18.7. The van der Waals surface area contributed by atoms with Gasteiger partial charge in [0, 0.05) is 64.3 Å². The third-order valence-corrected chi connectivity index (χ3v) is 13.2. The lowest BCUT2D eigenvalue weighted by Crippen LogP contribution is -2.49. The number of phenolic OH excluding ortho intramolecular Hbond substituents is 1. The maximum absolute atomic E-state index is 14.3. The van der Waals surface area contributed by atoms with Crippen molar-refractivity contribution < 1.29 is 37.2 Å². The van der Waals surface area contributed by atoms with Crippen molar-refractivity contribution in [2.45, 2.75) is 69.2 Å². The lowest BCUT2D eigenvalue weighted by Gasteiger charge is -2.52. The first kappa shape index (κ1) is 39.4. The Morgan fingerprint density at radius 1 is 0.967 bits per heavy atom. The molecule has 3 saturated carbocycles. The number of phenols is 1. The van der Waals surface area contributed by atoms with E-state index in [1.807, 2.05) is 18.2 Å². The Bertz CT molecular complexity index is 2570. The fraction of sp³-hybridized carbons (Fsp3) is 0.463. The summed E-state index contributed by atoms with van der Waals surface area (Å²) in [6.07, 6.45) is 7.35. The molecule has 0 spiro atoms. The molecule has 3 N–H and O–H groups in total. The van der Waals surface area contributed by atoms with Crippen LogP contribution in [0.25, 0.3) is 22.6 Å². The third-order valence-electron chi connectivity index (χ3n) is 13.2. The molecule has 16 nitrogen and oxygen atoms in total. The predicted molar refractivity (Wildman–Crippen MR) is 208 cm³/mol. The Kier molecular flexibility index (Phi) is 9.95. The Hall–Kier alpha value is -6.11. The van der Waals surface area contributed by atoms with Gasteiger partial charge in [-0.25, -0.2) is 23.5 Å². The van der Waals surface area contributed by atoms with Gasteiger partial charge in [-0.1, -0.05) is 11.2 Å². The molecule has 1 atom stereocenters. The van der Waals surface area contributed by atoms with Crippen molar-refractivity contribution in [3.8, 4) is 17.3 Å². The standard InChI is InChI=1S/C41H43F3N10O6/c1-51-29-20-23(2-3-27(29)54(39(51)59)28-4-5-30(55)48-35(28)58)7-15-52-16-18-53(19-17-52)38-45-14-6-26(47-38)36-49-37(50-60-36)41-11-8-40(9-12-41,10-13-41)22-46-34(57)24-21-25(42)33(56)32(44)31(24)43/h2-3,6,14,20-21,28,56H,4-5,7-13,15-19,22H2,1H3,(H,46,57)(H,48,55,58)/t28-,40?,41?/m1/s1. The molecule has 2 aromatic carbocycles. The van der Waals surface area contributed by atoms with Gasteiger partial charge in [-0.15, -0.1) is 0 Å². The van der Waals surface area contributed by atoms with Gasteiger partial charge in [-0.05, 0) is 86.6 Å². The number of carbonyl (C=O) groups excluding carboxylic acids is 3. The van der Waals surface area contributed by atoms with Gasteiger partial charge in [0.05, 0.1) is 16.6 Å². The number of imide groups is 1. The van der Waals surface area contributed by atoms with Crippen LogP contribution in [-0.4, -0.2) is 96.2 Å². The van der Waals surface area contributed by atoms with E-state index in [4.69, 9.17) is 14.5 Å². The minimum atomic E-state index is -1.80. The Morgan fingerprint density at radius 3 is 2.45 bits per heavy atom. The van der Waals surface area contributed by atoms with Gasteiger partial charge in [0.2, 0.25) is 23.6 Å². The zero-order chi connectivity index (χ0) is 41.9. The zero-order valence-corrected chi connectivity index (χ0v) is 32.8. The van der Waals surface area contributed by atoms with Crippen LogP contribution in [-0.2, 0) is 28.5 Å². The SMILES string of the molecule is Cn1c(=O)n([C@@H]2CCC(=O)NC2=O)c2ccc(CCN3CCN(c4nccc(-c5nc(C67CCC(CNC(=O)c8cc(F)c(O)c(F)c8F)(CC6)CC7)no5)n4)CC3)cc21. The summed E-state index contributed by atoms with van der Waals surface area (Å²) in [4.78, 5) is 68.7. The maximum Gasteiger partial charge on any atom is 0.329 e. The average molecular weight is 829 g/mol. The molecule has 5 aromatic rings. The van der Waals surface area contributed by atoms with Gasteiger partial charge in [0.25, 0.3) is 11.8 Å². The number of aromatic nitrogens is 6. The Labute approximate surface area is 340 Å². The molecule has 2 bridgehead atoms. The van der Waals surface area contributed by atoms with E-state index in [9.17, 15) is 37.5 Å². The van der Waals surface area contributed by atoms with Gasteiger partial charge in [-0.3, -0.25) is 33.7 Å². The number of piperidine rings is 1. The second kappa shape index (κ2) is 15.2. The molecule has 5 aliphatic rings. The summed E-state index contributed by atoms with van der Waals surface area (Å²) in [5.74, 6) is -6.52. The number of nitrogens with one attached hydrogen (secondary N) is 2. The first-order valence-electron chi connectivity index (χ1n) is 20.2. The number of aryl methyl sites for hydroxylation is 1. The molecule has 19 heteroatoms. The van der Waals surface area contributed by atoms with E-state index in [0.29, 0.717) is 48.0 Å². The molecular formula is C41H43F3N10O6. The zero-order valence-electron chi connectivity index (χ0n) is 32.8. The van der Waals surface area contributed by atoms with Crippen molar-refractivity contribution >= 4 is 34.7 Å². The number of piperazine rings is 1. The highest BCUT2D eigenvalue weighted by molar-refractivity contribution is 6.00. The molecule has 0 unspecified atom stereocenters. The molecule has 314 valence electrons. The van der Waals surface area contributed by atoms with Gasteiger partial charge in [-0.2, -0.15) is 9.37 Å². The number of amides is 3. The molecule has 3 amide bonds. The Balaban J connectivity index is 0.784. The number of rotatable bonds is 10. The van der Waals surface area contributed by atoms with E-state index >= 15 is 0 Å². The minimum Gasteiger partial charge on any atom is -0.503 e.